The van der Waals surface area contributed by atoms with Gasteiger partial charge in [-0.2, -0.15) is 0 Å². The zero-order chi connectivity index (χ0) is 25.3. The van der Waals surface area contributed by atoms with Crippen LogP contribution in [0.25, 0.3) is 0 Å². The highest BCUT2D eigenvalue weighted by Crippen LogP contribution is 2.27. The van der Waals surface area contributed by atoms with Gasteiger partial charge in [0.15, 0.2) is 0 Å². The summed E-state index contributed by atoms with van der Waals surface area (Å²) in [6.07, 6.45) is 2.08. The lowest BCUT2D eigenvalue weighted by Gasteiger charge is -2.24. The molecule has 0 fully saturated rings. The van der Waals surface area contributed by atoms with Crippen molar-refractivity contribution >= 4 is 46.5 Å². The molecule has 2 aromatic carbocycles. The molecule has 2 rings (SSSR count). The van der Waals surface area contributed by atoms with Crippen LogP contribution in [-0.2, 0) is 4.79 Å². The van der Waals surface area contributed by atoms with Crippen LogP contribution < -0.4 is 20.3 Å². The summed E-state index contributed by atoms with van der Waals surface area (Å²) in [4.78, 5) is 27.0. The maximum Gasteiger partial charge on any atom is 0.326 e. The molecule has 0 bridgehead atoms. The summed E-state index contributed by atoms with van der Waals surface area (Å²) in [5.74, 6) is 1.05. The van der Waals surface area contributed by atoms with Crippen LogP contribution in [0.3, 0.4) is 0 Å². The Hall–Kier alpha value is -2.44. The van der Waals surface area contributed by atoms with E-state index in [9.17, 15) is 9.59 Å². The minimum Gasteiger partial charge on any atom is -0.497 e. The molecule has 0 aliphatic heterocycles. The van der Waals surface area contributed by atoms with E-state index >= 15 is 0 Å². The lowest BCUT2D eigenvalue weighted by Crippen LogP contribution is -2.37. The Morgan fingerprint density at radius 2 is 1.74 bits per heavy atom. The summed E-state index contributed by atoms with van der Waals surface area (Å²) < 4.78 is 5.22. The van der Waals surface area contributed by atoms with E-state index in [-0.39, 0.29) is 17.4 Å². The van der Waals surface area contributed by atoms with Crippen LogP contribution in [0.1, 0.15) is 47.0 Å². The molecule has 0 heterocycles. The summed E-state index contributed by atoms with van der Waals surface area (Å²) in [6.45, 7) is 9.53. The van der Waals surface area contributed by atoms with Crippen LogP contribution in [0.15, 0.2) is 42.5 Å². The molecule has 0 saturated carbocycles. The molecular formula is C26H35Cl2N3O3. The number of amides is 3. The molecule has 0 radical (unpaired) electrons. The average Bonchev–Trinajstić information content (AvgIpc) is 2.75. The summed E-state index contributed by atoms with van der Waals surface area (Å²) in [7, 11) is 1.59. The normalized spacial score (nSPS) is 12.1. The van der Waals surface area contributed by atoms with Crippen LogP contribution in [0.2, 0.25) is 10.0 Å². The van der Waals surface area contributed by atoms with Crippen molar-refractivity contribution in [1.82, 2.24) is 5.32 Å². The number of hydrogen-bond donors (Lipinski definition) is 2. The van der Waals surface area contributed by atoms with Gasteiger partial charge in [-0.15, -0.1) is 0 Å². The lowest BCUT2D eigenvalue weighted by molar-refractivity contribution is -0.122. The zero-order valence-electron chi connectivity index (χ0n) is 20.6. The Kier molecular flexibility index (Phi) is 10.5. The van der Waals surface area contributed by atoms with Crippen molar-refractivity contribution in [3.63, 3.8) is 0 Å². The fraction of sp³-hybridized carbons (Fsp3) is 0.462. The number of nitrogens with one attached hydrogen (secondary N) is 2. The highest BCUT2D eigenvalue weighted by Gasteiger charge is 2.19. The predicted octanol–water partition coefficient (Wildman–Crippen LogP) is 7.01. The second kappa shape index (κ2) is 12.9. The maximum absolute atomic E-state index is 13.1. The minimum atomic E-state index is -0.311. The van der Waals surface area contributed by atoms with Crippen molar-refractivity contribution < 1.29 is 14.3 Å². The Labute approximate surface area is 213 Å². The van der Waals surface area contributed by atoms with Crippen LogP contribution >= 0.6 is 23.2 Å². The number of benzene rings is 2. The molecule has 0 aromatic heterocycles. The molecule has 0 aliphatic carbocycles. The van der Waals surface area contributed by atoms with Gasteiger partial charge in [-0.05, 0) is 66.6 Å². The van der Waals surface area contributed by atoms with E-state index in [1.54, 1.807) is 42.3 Å². The van der Waals surface area contributed by atoms with Gasteiger partial charge in [0.05, 0.1) is 17.2 Å². The number of halogens is 2. The number of urea groups is 1. The largest absolute Gasteiger partial charge is 0.497 e. The van der Waals surface area contributed by atoms with Gasteiger partial charge in [0.25, 0.3) is 0 Å². The number of carbonyl (C=O) groups excluding carboxylic acids is 2. The summed E-state index contributed by atoms with van der Waals surface area (Å²) in [5.41, 5.74) is 1.45. The highest BCUT2D eigenvalue weighted by atomic mass is 35.5. The van der Waals surface area contributed by atoms with Gasteiger partial charge in [-0.25, -0.2) is 4.79 Å². The van der Waals surface area contributed by atoms with Crippen molar-refractivity contribution in [2.75, 3.05) is 30.4 Å². The van der Waals surface area contributed by atoms with E-state index in [2.05, 4.69) is 38.3 Å². The smallest absolute Gasteiger partial charge is 0.326 e. The zero-order valence-corrected chi connectivity index (χ0v) is 22.1. The summed E-state index contributed by atoms with van der Waals surface area (Å²) in [5, 5.41) is 6.61. The molecule has 0 aliphatic rings. The Bertz CT molecular complexity index is 959. The molecule has 34 heavy (non-hydrogen) atoms. The molecule has 0 saturated heterocycles. The van der Waals surface area contributed by atoms with E-state index in [0.717, 1.165) is 6.42 Å². The molecule has 2 N–H and O–H groups in total. The van der Waals surface area contributed by atoms with Crippen LogP contribution in [-0.4, -0.2) is 32.1 Å². The maximum atomic E-state index is 13.1. The van der Waals surface area contributed by atoms with E-state index in [1.165, 1.54) is 0 Å². The van der Waals surface area contributed by atoms with Crippen molar-refractivity contribution in [2.24, 2.45) is 11.3 Å². The number of methoxy groups -OCH3 is 1. The number of carbonyl (C=O) groups is 2. The van der Waals surface area contributed by atoms with Gasteiger partial charge in [-0.1, -0.05) is 50.9 Å². The quantitative estimate of drug-likeness (QED) is 0.339. The number of ether oxygens (including phenoxy) is 1. The van der Waals surface area contributed by atoms with Gasteiger partial charge in [-0.3, -0.25) is 9.69 Å². The number of nitrogens with zero attached hydrogens (tertiary/aromatic N) is 1. The summed E-state index contributed by atoms with van der Waals surface area (Å²) >= 11 is 12.1. The van der Waals surface area contributed by atoms with Gasteiger partial charge in [0.2, 0.25) is 5.91 Å². The molecular weight excluding hydrogens is 473 g/mol. The first-order valence-electron chi connectivity index (χ1n) is 11.4. The average molecular weight is 508 g/mol. The second-order valence-electron chi connectivity index (χ2n) is 9.69. The second-order valence-corrected chi connectivity index (χ2v) is 10.5. The minimum absolute atomic E-state index is 0.0352. The van der Waals surface area contributed by atoms with E-state index in [4.69, 9.17) is 27.9 Å². The van der Waals surface area contributed by atoms with Gasteiger partial charge in [0, 0.05) is 30.9 Å². The Morgan fingerprint density at radius 3 is 2.32 bits per heavy atom. The van der Waals surface area contributed by atoms with Crippen molar-refractivity contribution in [3.05, 3.63) is 52.5 Å². The first-order chi connectivity index (χ1) is 16.0. The van der Waals surface area contributed by atoms with Crippen molar-refractivity contribution in [3.8, 4) is 5.75 Å². The van der Waals surface area contributed by atoms with Crippen molar-refractivity contribution in [2.45, 2.75) is 47.0 Å². The molecule has 2 aromatic rings. The SMILES string of the molecule is COc1ccc(N(CCCNC(=O)CC(C)CC(C)(C)C)C(=O)Nc2ccc(Cl)c(Cl)c2)cc1. The monoisotopic (exact) mass is 507 g/mol. The molecule has 3 amide bonds. The van der Waals surface area contributed by atoms with Crippen LogP contribution in [0, 0.1) is 11.3 Å². The molecule has 8 heteroatoms. The van der Waals surface area contributed by atoms with E-state index in [0.29, 0.717) is 59.0 Å². The standard InChI is InChI=1S/C26H35Cl2N3O3/c1-18(17-26(2,3)4)15-24(32)29-13-6-14-31(20-8-10-21(34-5)11-9-20)25(33)30-19-7-12-22(27)23(28)16-19/h7-12,16,18H,6,13-15,17H2,1-5H3,(H,29,32)(H,30,33). The number of rotatable bonds is 10. The Morgan fingerprint density at radius 1 is 1.06 bits per heavy atom. The molecule has 186 valence electrons. The first kappa shape index (κ1) is 27.8. The van der Waals surface area contributed by atoms with Gasteiger partial charge < -0.3 is 15.4 Å². The molecule has 1 unspecified atom stereocenters. The fourth-order valence-electron chi connectivity index (χ4n) is 3.85. The predicted molar refractivity (Wildman–Crippen MR) is 141 cm³/mol. The third-order valence-electron chi connectivity index (χ3n) is 5.18. The summed E-state index contributed by atoms with van der Waals surface area (Å²) in [6, 6.07) is 11.9. The lowest BCUT2D eigenvalue weighted by atomic mass is 9.84. The number of hydrogen-bond acceptors (Lipinski definition) is 3. The third kappa shape index (κ3) is 9.43. The number of anilines is 2. The topological polar surface area (TPSA) is 70.7 Å². The van der Waals surface area contributed by atoms with Gasteiger partial charge >= 0.3 is 6.03 Å². The van der Waals surface area contributed by atoms with Crippen molar-refractivity contribution in [1.29, 1.82) is 0 Å². The third-order valence-corrected chi connectivity index (χ3v) is 5.91. The first-order valence-corrected chi connectivity index (χ1v) is 12.2. The van der Waals surface area contributed by atoms with E-state index in [1.807, 2.05) is 12.1 Å². The molecule has 0 spiro atoms. The Balaban J connectivity index is 1.99. The fourth-order valence-corrected chi connectivity index (χ4v) is 4.14. The molecule has 6 nitrogen and oxygen atoms in total. The van der Waals surface area contributed by atoms with Gasteiger partial charge in [0.1, 0.15) is 5.75 Å². The molecule has 1 atom stereocenters. The highest BCUT2D eigenvalue weighted by molar-refractivity contribution is 6.42. The van der Waals surface area contributed by atoms with Crippen LogP contribution in [0.4, 0.5) is 16.2 Å². The van der Waals surface area contributed by atoms with Crippen LogP contribution in [0.5, 0.6) is 5.75 Å². The van der Waals surface area contributed by atoms with E-state index < -0.39 is 0 Å².